The fraction of sp³-hybridized carbons (Fsp3) is 0.400. The first kappa shape index (κ1) is 24.7. The monoisotopic (exact) mass is 516 g/mol. The van der Waals surface area contributed by atoms with Crippen molar-refractivity contribution in [1.82, 2.24) is 0 Å². The fourth-order valence-electron chi connectivity index (χ4n) is 2.65. The maximum Gasteiger partial charge on any atom is 0.312 e. The van der Waals surface area contributed by atoms with Crippen molar-refractivity contribution in [2.24, 2.45) is 0 Å². The first-order valence-electron chi connectivity index (χ1n) is 9.59. The molecule has 11 heteroatoms. The largest absolute Gasteiger partial charge is 0.493 e. The van der Waals surface area contributed by atoms with Crippen molar-refractivity contribution in [3.05, 3.63) is 61.6 Å². The lowest BCUT2D eigenvalue weighted by Crippen LogP contribution is -2.11. The van der Waals surface area contributed by atoms with E-state index in [4.69, 9.17) is 25.8 Å². The maximum absolute atomic E-state index is 11.3. The molecule has 0 aliphatic rings. The first-order valence-corrected chi connectivity index (χ1v) is 11.1. The Kier molecular flexibility index (Phi) is 10.3. The van der Waals surface area contributed by atoms with E-state index in [9.17, 15) is 20.2 Å². The van der Waals surface area contributed by atoms with E-state index in [2.05, 4.69) is 15.9 Å². The Morgan fingerprint density at radius 1 is 0.774 bits per heavy atom. The Balaban J connectivity index is 1.92. The van der Waals surface area contributed by atoms with Gasteiger partial charge in [0.1, 0.15) is 19.0 Å². The summed E-state index contributed by atoms with van der Waals surface area (Å²) in [5, 5.41) is 23.5. The number of unbranched alkanes of at least 4 members (excludes halogenated alkanes) is 3. The van der Waals surface area contributed by atoms with E-state index >= 15 is 0 Å². The molecular formula is C20H22BrClN2O7. The lowest BCUT2D eigenvalue weighted by Gasteiger charge is -2.11. The average Bonchev–Trinajstić information content (AvgIpc) is 2.74. The molecule has 0 bridgehead atoms. The van der Waals surface area contributed by atoms with Crippen LogP contribution in [0.2, 0.25) is 5.02 Å². The minimum Gasteiger partial charge on any atom is -0.493 e. The second-order valence-electron chi connectivity index (χ2n) is 6.40. The number of nitro benzene ring substituents is 2. The summed E-state index contributed by atoms with van der Waals surface area (Å²) >= 11 is 9.16. The highest BCUT2D eigenvalue weighted by atomic mass is 79.9. The van der Waals surface area contributed by atoms with E-state index in [1.54, 1.807) is 0 Å². The number of benzene rings is 2. The number of hydrogen-bond donors (Lipinski definition) is 0. The van der Waals surface area contributed by atoms with Gasteiger partial charge in [-0.2, -0.15) is 0 Å². The Morgan fingerprint density at radius 2 is 1.45 bits per heavy atom. The Hall–Kier alpha value is -2.59. The van der Waals surface area contributed by atoms with Gasteiger partial charge >= 0.3 is 11.4 Å². The summed E-state index contributed by atoms with van der Waals surface area (Å²) < 4.78 is 16.5. The number of alkyl halides is 1. The maximum atomic E-state index is 11.3. The molecule has 0 saturated heterocycles. The van der Waals surface area contributed by atoms with Gasteiger partial charge in [0, 0.05) is 28.6 Å². The second kappa shape index (κ2) is 13.0. The minimum atomic E-state index is -0.604. The quantitative estimate of drug-likeness (QED) is 0.132. The molecule has 0 saturated carbocycles. The van der Waals surface area contributed by atoms with Crippen LogP contribution in [0.25, 0.3) is 0 Å². The third-order valence-corrected chi connectivity index (χ3v) is 4.94. The molecule has 0 aliphatic carbocycles. The first-order chi connectivity index (χ1) is 14.9. The molecule has 0 atom stereocenters. The van der Waals surface area contributed by atoms with Gasteiger partial charge in [-0.05, 0) is 31.0 Å². The summed E-state index contributed by atoms with van der Waals surface area (Å²) in [7, 11) is 0. The lowest BCUT2D eigenvalue weighted by atomic mass is 10.2. The number of nitro groups is 2. The third kappa shape index (κ3) is 8.22. The van der Waals surface area contributed by atoms with E-state index in [0.717, 1.165) is 31.0 Å². The normalized spacial score (nSPS) is 10.5. The number of ether oxygens (including phenoxy) is 3. The van der Waals surface area contributed by atoms with Crippen LogP contribution in [0.1, 0.15) is 25.7 Å². The van der Waals surface area contributed by atoms with Crippen LogP contribution in [0.5, 0.6) is 17.2 Å². The Bertz CT molecular complexity index is 898. The van der Waals surface area contributed by atoms with Gasteiger partial charge in [0.15, 0.2) is 5.75 Å². The van der Waals surface area contributed by atoms with Gasteiger partial charge in [-0.15, -0.1) is 0 Å². The van der Waals surface area contributed by atoms with Gasteiger partial charge in [0.05, 0.1) is 16.5 Å². The van der Waals surface area contributed by atoms with Gasteiger partial charge < -0.3 is 14.2 Å². The summed E-state index contributed by atoms with van der Waals surface area (Å²) in [5.74, 6) is 0.538. The zero-order valence-electron chi connectivity index (χ0n) is 16.6. The van der Waals surface area contributed by atoms with E-state index in [0.29, 0.717) is 12.4 Å². The predicted molar refractivity (Wildman–Crippen MR) is 120 cm³/mol. The van der Waals surface area contributed by atoms with Gasteiger partial charge in [-0.3, -0.25) is 20.2 Å². The Labute approximate surface area is 192 Å². The van der Waals surface area contributed by atoms with Crippen molar-refractivity contribution < 1.29 is 24.1 Å². The standard InChI is InChI=1S/C20H22BrClN2O7/c21-9-3-1-2-4-10-29-16-6-7-17(23(25)26)20(14-16)31-12-11-30-19-8-5-15(22)13-18(19)24(27)28/h5-8,13-14H,1-4,9-12H2. The van der Waals surface area contributed by atoms with Crippen molar-refractivity contribution in [2.75, 3.05) is 25.2 Å². The highest BCUT2D eigenvalue weighted by Gasteiger charge is 2.18. The number of nitrogens with zero attached hydrogens (tertiary/aromatic N) is 2. The van der Waals surface area contributed by atoms with Crippen LogP contribution in [0.4, 0.5) is 11.4 Å². The molecule has 0 unspecified atom stereocenters. The second-order valence-corrected chi connectivity index (χ2v) is 7.63. The van der Waals surface area contributed by atoms with Crippen LogP contribution in [0, 0.1) is 20.2 Å². The number of rotatable bonds is 14. The van der Waals surface area contributed by atoms with Crippen LogP contribution in [0.15, 0.2) is 36.4 Å². The molecule has 2 aromatic rings. The molecule has 9 nitrogen and oxygen atoms in total. The molecule has 0 N–H and O–H groups in total. The minimum absolute atomic E-state index is 0.0319. The summed E-state index contributed by atoms with van der Waals surface area (Å²) in [6.45, 7) is 0.387. The van der Waals surface area contributed by atoms with Crippen molar-refractivity contribution in [2.45, 2.75) is 25.7 Å². The predicted octanol–water partition coefficient (Wildman–Crippen LogP) is 5.95. The molecule has 0 radical (unpaired) electrons. The lowest BCUT2D eigenvalue weighted by molar-refractivity contribution is -0.386. The summed E-state index contributed by atoms with van der Waals surface area (Å²) in [6.07, 6.45) is 4.13. The smallest absolute Gasteiger partial charge is 0.312 e. The molecular weight excluding hydrogens is 496 g/mol. The van der Waals surface area contributed by atoms with Crippen molar-refractivity contribution >= 4 is 38.9 Å². The van der Waals surface area contributed by atoms with Gasteiger partial charge in [0.25, 0.3) is 0 Å². The molecule has 2 rings (SSSR count). The molecule has 168 valence electrons. The van der Waals surface area contributed by atoms with Crippen molar-refractivity contribution in [1.29, 1.82) is 0 Å². The van der Waals surface area contributed by atoms with Gasteiger partial charge in [-0.1, -0.05) is 40.4 Å². The van der Waals surface area contributed by atoms with Gasteiger partial charge in [0.2, 0.25) is 5.75 Å². The molecule has 31 heavy (non-hydrogen) atoms. The van der Waals surface area contributed by atoms with E-state index < -0.39 is 9.85 Å². The number of hydrogen-bond acceptors (Lipinski definition) is 7. The summed E-state index contributed by atoms with van der Waals surface area (Å²) in [4.78, 5) is 21.2. The van der Waals surface area contributed by atoms with Crippen LogP contribution in [-0.4, -0.2) is 35.0 Å². The number of halogens is 2. The van der Waals surface area contributed by atoms with Crippen LogP contribution in [0.3, 0.4) is 0 Å². The third-order valence-electron chi connectivity index (χ3n) is 4.14. The molecule has 0 spiro atoms. The summed E-state index contributed by atoms with van der Waals surface area (Å²) in [6, 6.07) is 8.34. The van der Waals surface area contributed by atoms with E-state index in [1.165, 1.54) is 36.4 Å². The zero-order valence-corrected chi connectivity index (χ0v) is 19.0. The van der Waals surface area contributed by atoms with Gasteiger partial charge in [-0.25, -0.2) is 0 Å². The van der Waals surface area contributed by atoms with Crippen LogP contribution in [-0.2, 0) is 0 Å². The van der Waals surface area contributed by atoms with E-state index in [1.807, 2.05) is 0 Å². The summed E-state index contributed by atoms with van der Waals surface area (Å²) in [5.41, 5.74) is -0.479. The molecule has 0 aliphatic heterocycles. The van der Waals surface area contributed by atoms with Crippen molar-refractivity contribution in [3.8, 4) is 17.2 Å². The van der Waals surface area contributed by atoms with Crippen LogP contribution < -0.4 is 14.2 Å². The highest BCUT2D eigenvalue weighted by Crippen LogP contribution is 2.32. The van der Waals surface area contributed by atoms with Crippen LogP contribution >= 0.6 is 27.5 Å². The SMILES string of the molecule is O=[N+]([O-])c1ccc(OCCCCCCBr)cc1OCCOc1ccc(Cl)cc1[N+](=O)[O-]. The molecule has 2 aromatic carbocycles. The Morgan fingerprint density at radius 3 is 2.13 bits per heavy atom. The topological polar surface area (TPSA) is 114 Å². The van der Waals surface area contributed by atoms with E-state index in [-0.39, 0.29) is 41.1 Å². The highest BCUT2D eigenvalue weighted by molar-refractivity contribution is 9.09. The fourth-order valence-corrected chi connectivity index (χ4v) is 3.21. The molecule has 0 amide bonds. The zero-order chi connectivity index (χ0) is 22.6. The average molecular weight is 518 g/mol. The molecule has 0 heterocycles. The molecule has 0 aromatic heterocycles. The molecule has 0 fully saturated rings. The van der Waals surface area contributed by atoms with Crippen molar-refractivity contribution in [3.63, 3.8) is 0 Å².